The van der Waals surface area contributed by atoms with Crippen LogP contribution in [0.3, 0.4) is 0 Å². The van der Waals surface area contributed by atoms with Gasteiger partial charge in [-0.05, 0) is 19.9 Å². The standard InChI is InChI=1S/C11H17N5/c1-3-16-10(4-5-15-16)8-14-9(2)11-12-6-7-13-11/h4-7,9,14H,3,8H2,1-2H3,(H,12,13). The van der Waals surface area contributed by atoms with Gasteiger partial charge in [-0.25, -0.2) is 4.98 Å². The third-order valence-corrected chi connectivity index (χ3v) is 2.62. The first kappa shape index (κ1) is 10.9. The minimum Gasteiger partial charge on any atom is -0.347 e. The maximum absolute atomic E-state index is 4.23. The summed E-state index contributed by atoms with van der Waals surface area (Å²) >= 11 is 0. The number of hydrogen-bond donors (Lipinski definition) is 2. The summed E-state index contributed by atoms with van der Waals surface area (Å²) in [5, 5.41) is 7.64. The van der Waals surface area contributed by atoms with Crippen LogP contribution in [0.5, 0.6) is 0 Å². The van der Waals surface area contributed by atoms with E-state index < -0.39 is 0 Å². The normalized spacial score (nSPS) is 12.9. The van der Waals surface area contributed by atoms with Gasteiger partial charge in [0.05, 0.1) is 11.7 Å². The first-order chi connectivity index (χ1) is 7.81. The van der Waals surface area contributed by atoms with Crippen LogP contribution in [0.15, 0.2) is 24.7 Å². The highest BCUT2D eigenvalue weighted by molar-refractivity contribution is 5.01. The Bertz CT molecular complexity index is 417. The van der Waals surface area contributed by atoms with Gasteiger partial charge in [-0.15, -0.1) is 0 Å². The Kier molecular flexibility index (Phi) is 3.36. The molecule has 0 spiro atoms. The third kappa shape index (κ3) is 2.30. The summed E-state index contributed by atoms with van der Waals surface area (Å²) in [7, 11) is 0. The van der Waals surface area contributed by atoms with E-state index >= 15 is 0 Å². The summed E-state index contributed by atoms with van der Waals surface area (Å²) in [4.78, 5) is 7.32. The van der Waals surface area contributed by atoms with Gasteiger partial charge in [0.25, 0.3) is 0 Å². The molecule has 86 valence electrons. The Hall–Kier alpha value is -1.62. The number of rotatable bonds is 5. The van der Waals surface area contributed by atoms with E-state index in [0.717, 1.165) is 18.9 Å². The van der Waals surface area contributed by atoms with Gasteiger partial charge in [-0.1, -0.05) is 0 Å². The Morgan fingerprint density at radius 3 is 3.06 bits per heavy atom. The zero-order valence-corrected chi connectivity index (χ0v) is 9.64. The average molecular weight is 219 g/mol. The molecule has 0 amide bonds. The molecule has 2 aromatic rings. The number of nitrogens with zero attached hydrogens (tertiary/aromatic N) is 3. The molecule has 2 heterocycles. The van der Waals surface area contributed by atoms with Gasteiger partial charge in [0.2, 0.25) is 0 Å². The summed E-state index contributed by atoms with van der Waals surface area (Å²) in [6, 6.07) is 2.25. The molecule has 1 unspecified atom stereocenters. The smallest absolute Gasteiger partial charge is 0.122 e. The molecule has 1 atom stereocenters. The van der Waals surface area contributed by atoms with E-state index in [4.69, 9.17) is 0 Å². The minimum atomic E-state index is 0.218. The molecule has 0 aliphatic carbocycles. The van der Waals surface area contributed by atoms with Crippen molar-refractivity contribution in [2.24, 2.45) is 0 Å². The van der Waals surface area contributed by atoms with E-state index in [9.17, 15) is 0 Å². The first-order valence-corrected chi connectivity index (χ1v) is 5.54. The molecular formula is C11H17N5. The second-order valence-corrected chi connectivity index (χ2v) is 3.72. The quantitative estimate of drug-likeness (QED) is 0.800. The summed E-state index contributed by atoms with van der Waals surface area (Å²) in [6.07, 6.45) is 5.44. The molecule has 0 fully saturated rings. The molecule has 0 saturated carbocycles. The molecule has 0 aliphatic rings. The van der Waals surface area contributed by atoms with Crippen LogP contribution in [0.1, 0.15) is 31.4 Å². The molecule has 0 aliphatic heterocycles. The topological polar surface area (TPSA) is 58.5 Å². The van der Waals surface area contributed by atoms with Crippen LogP contribution in [-0.4, -0.2) is 19.7 Å². The van der Waals surface area contributed by atoms with Crippen molar-refractivity contribution < 1.29 is 0 Å². The lowest BCUT2D eigenvalue weighted by atomic mass is 10.3. The SMILES string of the molecule is CCn1nccc1CNC(C)c1ncc[nH]1. The van der Waals surface area contributed by atoms with Gasteiger partial charge in [-0.2, -0.15) is 5.10 Å². The summed E-state index contributed by atoms with van der Waals surface area (Å²) in [5.41, 5.74) is 1.20. The maximum Gasteiger partial charge on any atom is 0.122 e. The zero-order chi connectivity index (χ0) is 11.4. The van der Waals surface area contributed by atoms with E-state index in [1.165, 1.54) is 5.69 Å². The van der Waals surface area contributed by atoms with Gasteiger partial charge in [0.15, 0.2) is 0 Å². The Balaban J connectivity index is 1.92. The highest BCUT2D eigenvalue weighted by Crippen LogP contribution is 2.07. The molecular weight excluding hydrogens is 202 g/mol. The molecule has 5 heteroatoms. The largest absolute Gasteiger partial charge is 0.347 e. The van der Waals surface area contributed by atoms with E-state index in [1.54, 1.807) is 6.20 Å². The molecule has 2 N–H and O–H groups in total. The van der Waals surface area contributed by atoms with Crippen molar-refractivity contribution >= 4 is 0 Å². The molecule has 5 nitrogen and oxygen atoms in total. The Morgan fingerprint density at radius 2 is 2.38 bits per heavy atom. The fourth-order valence-corrected chi connectivity index (χ4v) is 1.66. The van der Waals surface area contributed by atoms with E-state index in [1.807, 2.05) is 23.1 Å². The van der Waals surface area contributed by atoms with Crippen LogP contribution in [-0.2, 0) is 13.1 Å². The molecule has 2 rings (SSSR count). The van der Waals surface area contributed by atoms with E-state index in [2.05, 4.69) is 34.2 Å². The van der Waals surface area contributed by atoms with Crippen molar-refractivity contribution in [3.8, 4) is 0 Å². The predicted octanol–water partition coefficient (Wildman–Crippen LogP) is 1.48. The van der Waals surface area contributed by atoms with Crippen LogP contribution in [0.4, 0.5) is 0 Å². The van der Waals surface area contributed by atoms with Gasteiger partial charge in [0.1, 0.15) is 5.82 Å². The Labute approximate surface area is 94.9 Å². The third-order valence-electron chi connectivity index (χ3n) is 2.62. The first-order valence-electron chi connectivity index (χ1n) is 5.54. The van der Waals surface area contributed by atoms with Gasteiger partial charge in [0, 0.05) is 31.7 Å². The Morgan fingerprint density at radius 1 is 1.50 bits per heavy atom. The average Bonchev–Trinajstić information content (AvgIpc) is 2.96. The van der Waals surface area contributed by atoms with Crippen LogP contribution >= 0.6 is 0 Å². The van der Waals surface area contributed by atoms with Crippen molar-refractivity contribution in [1.82, 2.24) is 25.1 Å². The van der Waals surface area contributed by atoms with Crippen LogP contribution < -0.4 is 5.32 Å². The van der Waals surface area contributed by atoms with Crippen molar-refractivity contribution in [2.75, 3.05) is 0 Å². The predicted molar refractivity (Wildman–Crippen MR) is 61.7 cm³/mol. The number of H-pyrrole nitrogens is 1. The molecule has 0 aromatic carbocycles. The second-order valence-electron chi connectivity index (χ2n) is 3.72. The fraction of sp³-hybridized carbons (Fsp3) is 0.455. The number of aromatic amines is 1. The minimum absolute atomic E-state index is 0.218. The lowest BCUT2D eigenvalue weighted by Crippen LogP contribution is -2.21. The number of aryl methyl sites for hydroxylation is 1. The number of aromatic nitrogens is 4. The maximum atomic E-state index is 4.23. The summed E-state index contributed by atoms with van der Waals surface area (Å²) in [5.74, 6) is 0.961. The lowest BCUT2D eigenvalue weighted by molar-refractivity contribution is 0.517. The molecule has 0 radical (unpaired) electrons. The second kappa shape index (κ2) is 4.94. The van der Waals surface area contributed by atoms with Crippen molar-refractivity contribution in [1.29, 1.82) is 0 Å². The van der Waals surface area contributed by atoms with Gasteiger partial charge < -0.3 is 10.3 Å². The van der Waals surface area contributed by atoms with Crippen LogP contribution in [0.25, 0.3) is 0 Å². The fourth-order valence-electron chi connectivity index (χ4n) is 1.66. The number of imidazole rings is 1. The van der Waals surface area contributed by atoms with E-state index in [-0.39, 0.29) is 6.04 Å². The van der Waals surface area contributed by atoms with Crippen molar-refractivity contribution in [3.63, 3.8) is 0 Å². The van der Waals surface area contributed by atoms with Gasteiger partial charge >= 0.3 is 0 Å². The van der Waals surface area contributed by atoms with Crippen molar-refractivity contribution in [2.45, 2.75) is 33.0 Å². The van der Waals surface area contributed by atoms with Gasteiger partial charge in [-0.3, -0.25) is 4.68 Å². The van der Waals surface area contributed by atoms with Crippen molar-refractivity contribution in [3.05, 3.63) is 36.2 Å². The molecule has 16 heavy (non-hydrogen) atoms. The number of hydrogen-bond acceptors (Lipinski definition) is 3. The monoisotopic (exact) mass is 219 g/mol. The summed E-state index contributed by atoms with van der Waals surface area (Å²) < 4.78 is 1.99. The molecule has 2 aromatic heterocycles. The lowest BCUT2D eigenvalue weighted by Gasteiger charge is -2.11. The van der Waals surface area contributed by atoms with Crippen LogP contribution in [0.2, 0.25) is 0 Å². The van der Waals surface area contributed by atoms with E-state index in [0.29, 0.717) is 0 Å². The highest BCUT2D eigenvalue weighted by Gasteiger charge is 2.08. The molecule has 0 bridgehead atoms. The molecule has 0 saturated heterocycles. The van der Waals surface area contributed by atoms with Crippen LogP contribution in [0, 0.1) is 0 Å². The highest BCUT2D eigenvalue weighted by atomic mass is 15.3. The number of nitrogens with one attached hydrogen (secondary N) is 2. The summed E-state index contributed by atoms with van der Waals surface area (Å²) in [6.45, 7) is 5.88. The zero-order valence-electron chi connectivity index (χ0n) is 9.64.